The number of anilines is 1. The number of nitrogens with one attached hydrogen (secondary N) is 2. The monoisotopic (exact) mass is 734 g/mol. The van der Waals surface area contributed by atoms with E-state index in [0.717, 1.165) is 42.1 Å². The van der Waals surface area contributed by atoms with E-state index in [1.807, 2.05) is 0 Å². The van der Waals surface area contributed by atoms with E-state index in [0.29, 0.717) is 17.1 Å². The highest BCUT2D eigenvalue weighted by molar-refractivity contribution is 7.84. The molecule has 2 aliphatic heterocycles. The van der Waals surface area contributed by atoms with Crippen LogP contribution in [0.4, 0.5) is 5.13 Å². The molecule has 4 heterocycles. The Bertz CT molecular complexity index is 1870. The minimum atomic E-state index is -5.03. The average molecular weight is 735 g/mol. The van der Waals surface area contributed by atoms with Gasteiger partial charge in [-0.25, -0.2) is 14.1 Å². The Labute approximate surface area is 288 Å². The molecule has 2 saturated heterocycles. The zero-order valence-electron chi connectivity index (χ0n) is 26.2. The molecule has 0 aliphatic carbocycles. The molecule has 2 aliphatic rings. The van der Waals surface area contributed by atoms with Crippen molar-refractivity contribution in [2.24, 2.45) is 21.6 Å². The largest absolute Gasteiger partial charge is 0.489 e. The van der Waals surface area contributed by atoms with Gasteiger partial charge >= 0.3 is 16.3 Å². The van der Waals surface area contributed by atoms with E-state index in [2.05, 4.69) is 36.0 Å². The Kier molecular flexibility index (Phi) is 11.2. The Balaban J connectivity index is 1.28. The molecule has 5 rings (SSSR count). The van der Waals surface area contributed by atoms with Gasteiger partial charge in [0.25, 0.3) is 17.9 Å². The van der Waals surface area contributed by atoms with Gasteiger partial charge in [0.15, 0.2) is 10.8 Å². The van der Waals surface area contributed by atoms with Crippen LogP contribution in [0.15, 0.2) is 46.0 Å². The van der Waals surface area contributed by atoms with Crippen LogP contribution in [0.5, 0.6) is 5.75 Å². The molecule has 2 amide bonds. The van der Waals surface area contributed by atoms with Gasteiger partial charge in [-0.3, -0.25) is 19.1 Å². The van der Waals surface area contributed by atoms with Gasteiger partial charge in [-0.2, -0.15) is 23.4 Å². The van der Waals surface area contributed by atoms with Crippen molar-refractivity contribution in [3.63, 3.8) is 0 Å². The van der Waals surface area contributed by atoms with Crippen LogP contribution in [0, 0.1) is 0 Å². The molecule has 21 nitrogen and oxygen atoms in total. The predicted octanol–water partition coefficient (Wildman–Crippen LogP) is -2.32. The number of nitrogens with two attached hydrogens (primary N) is 3. The number of carbonyl (C=O) groups excluding carboxylic acids is 2. The summed E-state index contributed by atoms with van der Waals surface area (Å²) in [6.45, 7) is 0.860. The van der Waals surface area contributed by atoms with E-state index in [9.17, 15) is 32.5 Å². The van der Waals surface area contributed by atoms with E-state index >= 15 is 0 Å². The molecule has 268 valence electrons. The first-order valence-electron chi connectivity index (χ1n) is 15.0. The fraction of sp³-hybridized carbons (Fsp3) is 0.407. The van der Waals surface area contributed by atoms with Gasteiger partial charge in [0, 0.05) is 17.5 Å². The number of amidine groups is 1. The molecule has 23 heteroatoms. The molecule has 1 aromatic carbocycles. The summed E-state index contributed by atoms with van der Waals surface area (Å²) in [4.78, 5) is 53.1. The van der Waals surface area contributed by atoms with Crippen LogP contribution >= 0.6 is 11.3 Å². The normalized spacial score (nSPS) is 19.5. The molecule has 3 atom stereocenters. The number of β-lactam (4-membered cyclic amide) rings is 1. The first kappa shape index (κ1) is 36.1. The van der Waals surface area contributed by atoms with Gasteiger partial charge in [-0.05, 0) is 50.2 Å². The molecule has 0 unspecified atom stereocenters. The lowest BCUT2D eigenvalue weighted by molar-refractivity contribution is -0.152. The Morgan fingerprint density at radius 2 is 1.94 bits per heavy atom. The van der Waals surface area contributed by atoms with Crippen molar-refractivity contribution < 1.29 is 42.0 Å². The van der Waals surface area contributed by atoms with Crippen molar-refractivity contribution in [3.05, 3.63) is 52.8 Å². The number of ether oxygens (including phenoxy) is 1. The zero-order valence-corrected chi connectivity index (χ0v) is 27.8. The van der Waals surface area contributed by atoms with Gasteiger partial charge in [0.05, 0.1) is 24.5 Å². The number of hydrogen-bond donors (Lipinski definition) is 7. The second-order valence-corrected chi connectivity index (χ2v) is 13.2. The number of oxime groups is 1. The first-order valence-corrected chi connectivity index (χ1v) is 17.3. The Morgan fingerprint density at radius 1 is 1.22 bits per heavy atom. The summed E-state index contributed by atoms with van der Waals surface area (Å²) in [6.07, 6.45) is 1.36. The second-order valence-electron chi connectivity index (χ2n) is 11.0. The summed E-state index contributed by atoms with van der Waals surface area (Å²) in [5, 5.41) is 28.4. The lowest BCUT2D eigenvalue weighted by Gasteiger charge is -2.43. The molecule has 2 fully saturated rings. The molecule has 0 bridgehead atoms. The van der Waals surface area contributed by atoms with Crippen LogP contribution < -0.4 is 32.6 Å². The van der Waals surface area contributed by atoms with Crippen molar-refractivity contribution in [2.75, 3.05) is 25.4 Å². The van der Waals surface area contributed by atoms with Crippen molar-refractivity contribution in [2.45, 2.75) is 50.2 Å². The van der Waals surface area contributed by atoms with E-state index < -0.39 is 58.6 Å². The third-order valence-electron chi connectivity index (χ3n) is 7.56. The van der Waals surface area contributed by atoms with E-state index in [1.165, 1.54) is 11.6 Å². The molecule has 0 radical (unpaired) electrons. The van der Waals surface area contributed by atoms with Gasteiger partial charge in [0.2, 0.25) is 0 Å². The summed E-state index contributed by atoms with van der Waals surface area (Å²) in [5.74, 6) is -3.10. The standard InChI is InChI=1S/C27H34N12O9S2/c28-9-16-10-32-38(36-16)11-19-22(25(41)39(19)50(44,45)46)35-24(40)21(18-13-49-27(30)34-18)37-48-20(26(42)43)12-47-17-3-1-14(2-4-17)23(29)33-15-5-7-31-8-6-15/h1-4,10,13,15,19-20,22,31H,5-9,11-12,28H2,(H2,29,33)(H2,30,34)(H,35,40)(H,42,43)(H,44,45,46)/b37-21-/t19-,20+,22+/m1/s1. The number of hydrogen-bond acceptors (Lipinski definition) is 16. The molecular weight excluding hydrogens is 701 g/mol. The third-order valence-corrected chi connectivity index (χ3v) is 9.18. The second kappa shape index (κ2) is 15.5. The van der Waals surface area contributed by atoms with Crippen molar-refractivity contribution in [1.29, 1.82) is 0 Å². The number of carboxylic acids is 1. The molecule has 50 heavy (non-hydrogen) atoms. The smallest absolute Gasteiger partial charge is 0.362 e. The molecule has 2 aromatic heterocycles. The van der Waals surface area contributed by atoms with Crippen LogP contribution in [-0.2, 0) is 42.6 Å². The van der Waals surface area contributed by atoms with Crippen LogP contribution in [0.1, 0.15) is 29.8 Å². The molecule has 0 saturated carbocycles. The lowest BCUT2D eigenvalue weighted by atomic mass is 9.98. The number of carbonyl (C=O) groups is 3. The number of thiazole rings is 1. The first-order chi connectivity index (χ1) is 23.8. The summed E-state index contributed by atoms with van der Waals surface area (Å²) in [7, 11) is -5.03. The Hall–Kier alpha value is -5.23. The zero-order chi connectivity index (χ0) is 36.0. The van der Waals surface area contributed by atoms with E-state index in [4.69, 9.17) is 26.8 Å². The number of piperidine rings is 1. The maximum atomic E-state index is 13.4. The predicted molar refractivity (Wildman–Crippen MR) is 176 cm³/mol. The Morgan fingerprint density at radius 3 is 2.54 bits per heavy atom. The molecule has 10 N–H and O–H groups in total. The fourth-order valence-corrected chi connectivity index (χ4v) is 6.42. The minimum Gasteiger partial charge on any atom is -0.489 e. The fourth-order valence-electron chi connectivity index (χ4n) is 5.00. The highest BCUT2D eigenvalue weighted by Gasteiger charge is 2.54. The van der Waals surface area contributed by atoms with Crippen molar-refractivity contribution in [3.8, 4) is 5.75 Å². The van der Waals surface area contributed by atoms with E-state index in [-0.39, 0.29) is 40.0 Å². The number of benzene rings is 1. The lowest BCUT2D eigenvalue weighted by Crippen LogP contribution is -2.73. The van der Waals surface area contributed by atoms with Gasteiger partial charge in [-0.1, -0.05) is 5.16 Å². The van der Waals surface area contributed by atoms with Crippen LogP contribution in [-0.4, -0.2) is 116 Å². The molecular formula is C27H34N12O9S2. The number of nitrogen functional groups attached to an aromatic ring is 1. The number of aromatic nitrogens is 4. The topological polar surface area (TPSA) is 318 Å². The highest BCUT2D eigenvalue weighted by atomic mass is 32.2. The molecule has 3 aromatic rings. The number of aliphatic carboxylic acids is 1. The maximum absolute atomic E-state index is 13.4. The minimum absolute atomic E-state index is 0.0270. The summed E-state index contributed by atoms with van der Waals surface area (Å²) < 4.78 is 39.3. The summed E-state index contributed by atoms with van der Waals surface area (Å²) in [6, 6.07) is 3.76. The number of carboxylic acid groups (broad SMARTS) is 1. The third kappa shape index (κ3) is 8.67. The van der Waals surface area contributed by atoms with Gasteiger partial charge in [0.1, 0.15) is 36.0 Å². The van der Waals surface area contributed by atoms with E-state index in [1.54, 1.807) is 24.3 Å². The van der Waals surface area contributed by atoms with Crippen LogP contribution in [0.2, 0.25) is 0 Å². The summed E-state index contributed by atoms with van der Waals surface area (Å²) >= 11 is 0.932. The number of rotatable bonds is 15. The van der Waals surface area contributed by atoms with Crippen molar-refractivity contribution in [1.82, 2.24) is 34.9 Å². The number of aliphatic imine (C=N–C) groups is 1. The molecule has 0 spiro atoms. The van der Waals surface area contributed by atoms with Gasteiger partial charge in [-0.15, -0.1) is 11.3 Å². The number of nitrogens with zero attached hydrogens (tertiary/aromatic N) is 7. The number of amides is 2. The van der Waals surface area contributed by atoms with Crippen molar-refractivity contribution >= 4 is 56.1 Å². The SMILES string of the molecule is NCc1cnn(C[C@@H]2[C@H](NC(=O)/C(=N\O[C@@H](COc3ccc(C(N)=NC4CCNCC4)cc3)C(=O)O)c3csc(N)n3)C(=O)N2S(=O)(=O)O)n1. The quantitative estimate of drug-likeness (QED) is 0.0283. The maximum Gasteiger partial charge on any atom is 0.362 e. The van der Waals surface area contributed by atoms with Crippen LogP contribution in [0.3, 0.4) is 0 Å². The summed E-state index contributed by atoms with van der Waals surface area (Å²) in [5.41, 5.74) is 17.7. The van der Waals surface area contributed by atoms with Crippen LogP contribution in [0.25, 0.3) is 0 Å². The van der Waals surface area contributed by atoms with Gasteiger partial charge < -0.3 is 42.5 Å². The average Bonchev–Trinajstić information content (AvgIpc) is 3.73. The highest BCUT2D eigenvalue weighted by Crippen LogP contribution is 2.25.